The van der Waals surface area contributed by atoms with Crippen molar-refractivity contribution in [1.82, 2.24) is 0 Å². The third-order valence-corrected chi connectivity index (χ3v) is 6.88. The molecule has 2 aromatic carbocycles. The molecule has 0 saturated heterocycles. The Labute approximate surface area is 210 Å². The maximum Gasteiger partial charge on any atom is 0.336 e. The molecule has 8 nitrogen and oxygen atoms in total. The highest BCUT2D eigenvalue weighted by Gasteiger charge is 2.46. The summed E-state index contributed by atoms with van der Waals surface area (Å²) in [5.74, 6) is -0.312. The van der Waals surface area contributed by atoms with Crippen molar-refractivity contribution in [3.05, 3.63) is 58.8 Å². The molecule has 1 N–H and O–H groups in total. The van der Waals surface area contributed by atoms with Gasteiger partial charge in [0.1, 0.15) is 5.78 Å². The average Bonchev–Trinajstić information content (AvgIpc) is 2.88. The summed E-state index contributed by atoms with van der Waals surface area (Å²) in [4.78, 5) is 31.3. The Balaban J connectivity index is 1.78. The number of Topliss-reactive ketones (excluding diaryl/α,β-unsaturated/α-hetero) is 1. The number of phenols is 1. The Bertz CT molecular complexity index is 1250. The van der Waals surface area contributed by atoms with Gasteiger partial charge in [-0.2, -0.15) is 0 Å². The predicted molar refractivity (Wildman–Crippen MR) is 134 cm³/mol. The minimum Gasteiger partial charge on any atom is -0.504 e. The molecule has 3 atom stereocenters. The van der Waals surface area contributed by atoms with Gasteiger partial charge in [-0.25, -0.2) is 4.79 Å². The lowest BCUT2D eigenvalue weighted by atomic mass is 9.66. The van der Waals surface area contributed by atoms with Crippen LogP contribution in [0.4, 0.5) is 0 Å². The lowest BCUT2D eigenvalue weighted by molar-refractivity contribution is -0.136. The third kappa shape index (κ3) is 4.55. The van der Waals surface area contributed by atoms with Crippen LogP contribution in [0.15, 0.2) is 52.7 Å². The zero-order valence-corrected chi connectivity index (χ0v) is 21.2. The van der Waals surface area contributed by atoms with Crippen molar-refractivity contribution in [3.63, 3.8) is 0 Å². The summed E-state index contributed by atoms with van der Waals surface area (Å²) in [7, 11) is 4.48. The number of hydrogen-bond donors (Lipinski definition) is 1. The molecule has 0 amide bonds. The van der Waals surface area contributed by atoms with E-state index in [0.717, 1.165) is 11.3 Å². The third-order valence-electron chi connectivity index (χ3n) is 6.88. The number of carbonyl (C=O) groups excluding carboxylic acids is 2. The van der Waals surface area contributed by atoms with Crippen LogP contribution in [-0.4, -0.2) is 50.5 Å². The van der Waals surface area contributed by atoms with E-state index in [0.29, 0.717) is 53.5 Å². The summed E-state index contributed by atoms with van der Waals surface area (Å²) in [6, 6.07) is 10.6. The van der Waals surface area contributed by atoms with Crippen molar-refractivity contribution >= 4 is 17.5 Å². The smallest absolute Gasteiger partial charge is 0.336 e. The van der Waals surface area contributed by atoms with Gasteiger partial charge in [-0.15, -0.1) is 0 Å². The van der Waals surface area contributed by atoms with Gasteiger partial charge in [-0.1, -0.05) is 12.1 Å². The van der Waals surface area contributed by atoms with Gasteiger partial charge in [0, 0.05) is 23.7 Å². The van der Waals surface area contributed by atoms with Gasteiger partial charge in [0.25, 0.3) is 0 Å². The molecule has 190 valence electrons. The maximum atomic E-state index is 13.7. The molecule has 4 rings (SSSR count). The number of rotatable bonds is 7. The van der Waals surface area contributed by atoms with E-state index in [-0.39, 0.29) is 17.5 Å². The molecule has 36 heavy (non-hydrogen) atoms. The molecule has 1 aliphatic carbocycles. The van der Waals surface area contributed by atoms with Crippen molar-refractivity contribution in [2.75, 3.05) is 27.9 Å². The number of fused-ring (bicyclic) bond motifs is 1. The molecular formula is C28H31NO7. The molecule has 0 aromatic heterocycles. The number of aliphatic imine (C=N–C) groups is 1. The van der Waals surface area contributed by atoms with Gasteiger partial charge < -0.3 is 24.1 Å². The van der Waals surface area contributed by atoms with E-state index in [1.807, 2.05) is 25.1 Å². The van der Waals surface area contributed by atoms with Crippen molar-refractivity contribution < 1.29 is 33.6 Å². The number of esters is 1. The van der Waals surface area contributed by atoms with Crippen molar-refractivity contribution in [1.29, 1.82) is 0 Å². The highest BCUT2D eigenvalue weighted by atomic mass is 16.5. The van der Waals surface area contributed by atoms with Crippen LogP contribution in [0, 0.1) is 5.92 Å². The monoisotopic (exact) mass is 493 g/mol. The van der Waals surface area contributed by atoms with Crippen molar-refractivity contribution in [3.8, 4) is 23.0 Å². The quantitative estimate of drug-likeness (QED) is 0.564. The summed E-state index contributed by atoms with van der Waals surface area (Å²) >= 11 is 0. The lowest BCUT2D eigenvalue weighted by Gasteiger charge is -2.38. The molecule has 0 bridgehead atoms. The first-order valence-electron chi connectivity index (χ1n) is 11.9. The Kier molecular flexibility index (Phi) is 7.33. The first-order valence-corrected chi connectivity index (χ1v) is 11.9. The van der Waals surface area contributed by atoms with Crippen LogP contribution >= 0.6 is 0 Å². The highest BCUT2D eigenvalue weighted by molar-refractivity contribution is 6.12. The van der Waals surface area contributed by atoms with Crippen LogP contribution in [0.5, 0.6) is 23.0 Å². The summed E-state index contributed by atoms with van der Waals surface area (Å²) in [5.41, 5.74) is 3.24. The number of nitrogens with zero attached hydrogens (tertiary/aromatic N) is 1. The number of hydrogen-bond acceptors (Lipinski definition) is 8. The second-order valence-electron chi connectivity index (χ2n) is 8.90. The van der Waals surface area contributed by atoms with Crippen LogP contribution in [0.1, 0.15) is 49.7 Å². The first-order chi connectivity index (χ1) is 17.3. The van der Waals surface area contributed by atoms with Gasteiger partial charge in [0.15, 0.2) is 23.0 Å². The van der Waals surface area contributed by atoms with E-state index in [2.05, 4.69) is 0 Å². The topological polar surface area (TPSA) is 104 Å². The zero-order valence-electron chi connectivity index (χ0n) is 21.2. The van der Waals surface area contributed by atoms with E-state index in [1.54, 1.807) is 33.3 Å². The summed E-state index contributed by atoms with van der Waals surface area (Å²) in [6.45, 7) is 3.94. The Morgan fingerprint density at radius 2 is 1.67 bits per heavy atom. The van der Waals surface area contributed by atoms with Crippen LogP contribution in [0.2, 0.25) is 0 Å². The van der Waals surface area contributed by atoms with Gasteiger partial charge in [0.05, 0.1) is 39.4 Å². The summed E-state index contributed by atoms with van der Waals surface area (Å²) in [6.07, 6.45) is 0.851. The Hall–Kier alpha value is -3.81. The molecule has 8 heteroatoms. The largest absolute Gasteiger partial charge is 0.504 e. The second kappa shape index (κ2) is 10.4. The second-order valence-corrected chi connectivity index (χ2v) is 8.90. The molecular weight excluding hydrogens is 462 g/mol. The van der Waals surface area contributed by atoms with E-state index in [9.17, 15) is 14.7 Å². The van der Waals surface area contributed by atoms with E-state index in [1.165, 1.54) is 13.2 Å². The molecule has 1 aliphatic heterocycles. The molecule has 2 aliphatic rings. The van der Waals surface area contributed by atoms with E-state index >= 15 is 0 Å². The normalized spacial score (nSPS) is 21.4. The Morgan fingerprint density at radius 3 is 2.33 bits per heavy atom. The fourth-order valence-electron chi connectivity index (χ4n) is 5.25. The van der Waals surface area contributed by atoms with Crippen LogP contribution in [-0.2, 0) is 14.3 Å². The highest BCUT2D eigenvalue weighted by Crippen LogP contribution is 2.47. The molecule has 1 heterocycles. The van der Waals surface area contributed by atoms with Gasteiger partial charge in [0.2, 0.25) is 0 Å². The van der Waals surface area contributed by atoms with Gasteiger partial charge in [-0.05, 0) is 61.6 Å². The van der Waals surface area contributed by atoms with Crippen LogP contribution in [0.25, 0.3) is 0 Å². The number of ether oxygens (including phenoxy) is 4. The number of phenolic OH excluding ortho intramolecular Hbond substituents is 1. The predicted octanol–water partition coefficient (Wildman–Crippen LogP) is 4.56. The number of ketones is 1. The molecule has 2 aromatic rings. The van der Waals surface area contributed by atoms with Crippen LogP contribution < -0.4 is 14.2 Å². The fourth-order valence-corrected chi connectivity index (χ4v) is 5.25. The summed E-state index contributed by atoms with van der Waals surface area (Å²) < 4.78 is 21.5. The molecule has 1 saturated carbocycles. The van der Waals surface area contributed by atoms with Crippen molar-refractivity contribution in [2.24, 2.45) is 10.9 Å². The molecule has 0 radical (unpaired) electrons. The fraction of sp³-hybridized carbons (Fsp3) is 0.393. The minimum atomic E-state index is -0.613. The number of aromatic hydroxyl groups is 1. The first kappa shape index (κ1) is 25.3. The zero-order chi connectivity index (χ0) is 26.0. The SMILES string of the molecule is CCOc1cc([C@H]2C(C(=O)OC)=C(C)N=C3C[C@@H](c4ccc(OC)c(OC)c4)CC(=O)C32)ccc1O. The number of allylic oxidation sites excluding steroid dienone is 1. The number of carbonyl (C=O) groups is 2. The number of benzene rings is 2. The average molecular weight is 494 g/mol. The number of methoxy groups -OCH3 is 3. The molecule has 1 fully saturated rings. The lowest BCUT2D eigenvalue weighted by Crippen LogP contribution is -2.41. The van der Waals surface area contributed by atoms with E-state index in [4.69, 9.17) is 23.9 Å². The summed E-state index contributed by atoms with van der Waals surface area (Å²) in [5, 5.41) is 10.2. The Morgan fingerprint density at radius 1 is 0.972 bits per heavy atom. The molecule has 0 spiro atoms. The standard InChI is InChI=1S/C28H31NO7/c1-6-36-23-14-17(7-9-20(23)30)26-25(28(32)35-5)15(2)29-19-11-18(12-21(31)27(19)26)16-8-10-22(33-3)24(13-16)34-4/h7-10,13-14,18,26-27,30H,6,11-12H2,1-5H3/t18-,26+,27?/m1/s1. The van der Waals surface area contributed by atoms with E-state index < -0.39 is 17.8 Å². The molecule has 1 unspecified atom stereocenters. The van der Waals surface area contributed by atoms with Gasteiger partial charge in [-0.3, -0.25) is 9.79 Å². The van der Waals surface area contributed by atoms with Crippen LogP contribution in [0.3, 0.4) is 0 Å². The maximum absolute atomic E-state index is 13.7. The minimum absolute atomic E-state index is 0.00546. The van der Waals surface area contributed by atoms with Crippen molar-refractivity contribution in [2.45, 2.75) is 38.5 Å². The van der Waals surface area contributed by atoms with Gasteiger partial charge >= 0.3 is 5.97 Å².